The maximum absolute atomic E-state index is 12.6. The monoisotopic (exact) mass is 377 g/mol. The molecular formula is C18H19NO6S. The van der Waals surface area contributed by atoms with Gasteiger partial charge in [-0.05, 0) is 55.3 Å². The SMILES string of the molecule is CCCOC(=O)c1ccc(NS(=O)(=O)c2cc(C(=O)O)ccc2C)cc1. The van der Waals surface area contributed by atoms with Crippen LogP contribution in [0.4, 0.5) is 5.69 Å². The number of carboxylic acids is 1. The van der Waals surface area contributed by atoms with Crippen LogP contribution >= 0.6 is 0 Å². The standard InChI is InChI=1S/C18H19NO6S/c1-3-10-25-18(22)13-6-8-15(9-7-13)19-26(23,24)16-11-14(17(20)21)5-4-12(16)2/h4-9,11,19H,3,10H2,1-2H3,(H,20,21). The van der Waals surface area contributed by atoms with Crippen molar-refractivity contribution in [3.8, 4) is 0 Å². The lowest BCUT2D eigenvalue weighted by Gasteiger charge is -2.11. The van der Waals surface area contributed by atoms with Crippen LogP contribution in [0.5, 0.6) is 0 Å². The smallest absolute Gasteiger partial charge is 0.338 e. The lowest BCUT2D eigenvalue weighted by Crippen LogP contribution is -2.15. The molecule has 0 heterocycles. The fraction of sp³-hybridized carbons (Fsp3) is 0.222. The Morgan fingerprint density at radius 2 is 1.69 bits per heavy atom. The molecule has 8 heteroatoms. The van der Waals surface area contributed by atoms with Crippen molar-refractivity contribution in [1.82, 2.24) is 0 Å². The molecule has 2 aromatic rings. The van der Waals surface area contributed by atoms with Crippen LogP contribution < -0.4 is 4.72 Å². The number of esters is 1. The van der Waals surface area contributed by atoms with E-state index in [0.29, 0.717) is 24.2 Å². The van der Waals surface area contributed by atoms with Gasteiger partial charge in [0, 0.05) is 5.69 Å². The van der Waals surface area contributed by atoms with Crippen molar-refractivity contribution >= 4 is 27.6 Å². The van der Waals surface area contributed by atoms with Crippen molar-refractivity contribution < 1.29 is 27.9 Å². The zero-order valence-corrected chi connectivity index (χ0v) is 15.2. The van der Waals surface area contributed by atoms with Crippen molar-refractivity contribution in [3.05, 3.63) is 59.2 Å². The van der Waals surface area contributed by atoms with E-state index in [1.54, 1.807) is 6.92 Å². The highest BCUT2D eigenvalue weighted by atomic mass is 32.2. The molecule has 0 radical (unpaired) electrons. The molecule has 0 saturated heterocycles. The van der Waals surface area contributed by atoms with Gasteiger partial charge >= 0.3 is 11.9 Å². The van der Waals surface area contributed by atoms with E-state index in [1.165, 1.54) is 36.4 Å². The van der Waals surface area contributed by atoms with E-state index >= 15 is 0 Å². The van der Waals surface area contributed by atoms with Crippen LogP contribution in [0.1, 0.15) is 39.6 Å². The van der Waals surface area contributed by atoms with Crippen LogP contribution in [0.3, 0.4) is 0 Å². The van der Waals surface area contributed by atoms with E-state index < -0.39 is 22.0 Å². The minimum atomic E-state index is -3.98. The van der Waals surface area contributed by atoms with E-state index in [9.17, 15) is 18.0 Å². The molecule has 2 rings (SSSR count). The zero-order valence-electron chi connectivity index (χ0n) is 14.4. The molecule has 0 aromatic heterocycles. The van der Waals surface area contributed by atoms with Gasteiger partial charge in [0.1, 0.15) is 0 Å². The van der Waals surface area contributed by atoms with E-state index in [2.05, 4.69) is 4.72 Å². The Morgan fingerprint density at radius 3 is 2.27 bits per heavy atom. The number of nitrogens with one attached hydrogen (secondary N) is 1. The van der Waals surface area contributed by atoms with Crippen LogP contribution in [0, 0.1) is 6.92 Å². The summed E-state index contributed by atoms with van der Waals surface area (Å²) >= 11 is 0. The third kappa shape index (κ3) is 4.60. The maximum Gasteiger partial charge on any atom is 0.338 e. The first kappa shape index (κ1) is 19.5. The van der Waals surface area contributed by atoms with Crippen LogP contribution in [0.15, 0.2) is 47.4 Å². The second kappa shape index (κ2) is 8.01. The Morgan fingerprint density at radius 1 is 1.08 bits per heavy atom. The molecular weight excluding hydrogens is 358 g/mol. The Kier molecular flexibility index (Phi) is 5.99. The van der Waals surface area contributed by atoms with Crippen molar-refractivity contribution in [2.45, 2.75) is 25.2 Å². The predicted octanol–water partition coefficient (Wildman–Crippen LogP) is 3.06. The first-order chi connectivity index (χ1) is 12.2. The first-order valence-electron chi connectivity index (χ1n) is 7.88. The molecule has 0 bridgehead atoms. The Bertz CT molecular complexity index is 919. The quantitative estimate of drug-likeness (QED) is 0.718. The summed E-state index contributed by atoms with van der Waals surface area (Å²) in [5.74, 6) is -1.69. The van der Waals surface area contributed by atoms with E-state index in [0.717, 1.165) is 6.07 Å². The van der Waals surface area contributed by atoms with E-state index in [-0.39, 0.29) is 16.1 Å². The molecule has 0 aliphatic carbocycles. The summed E-state index contributed by atoms with van der Waals surface area (Å²) in [7, 11) is -3.98. The minimum absolute atomic E-state index is 0.120. The molecule has 0 atom stereocenters. The van der Waals surface area contributed by atoms with Crippen LogP contribution in [0.2, 0.25) is 0 Å². The van der Waals surface area contributed by atoms with E-state index in [1.807, 2.05) is 6.92 Å². The molecule has 0 amide bonds. The van der Waals surface area contributed by atoms with Gasteiger partial charge in [-0.25, -0.2) is 18.0 Å². The number of aryl methyl sites for hydroxylation is 1. The van der Waals surface area contributed by atoms with Gasteiger partial charge in [0.2, 0.25) is 0 Å². The van der Waals surface area contributed by atoms with Gasteiger partial charge in [0.25, 0.3) is 10.0 Å². The molecule has 0 aliphatic rings. The number of hydrogen-bond donors (Lipinski definition) is 2. The number of aromatic carboxylic acids is 1. The fourth-order valence-electron chi connectivity index (χ4n) is 2.19. The second-order valence-electron chi connectivity index (χ2n) is 5.60. The highest BCUT2D eigenvalue weighted by molar-refractivity contribution is 7.92. The summed E-state index contributed by atoms with van der Waals surface area (Å²) < 4.78 is 32.5. The maximum atomic E-state index is 12.6. The van der Waals surface area contributed by atoms with Gasteiger partial charge in [0.15, 0.2) is 0 Å². The number of anilines is 1. The lowest BCUT2D eigenvalue weighted by atomic mass is 10.1. The molecule has 2 N–H and O–H groups in total. The van der Waals surface area contributed by atoms with Gasteiger partial charge < -0.3 is 9.84 Å². The molecule has 0 fully saturated rings. The van der Waals surface area contributed by atoms with Crippen molar-refractivity contribution in [2.24, 2.45) is 0 Å². The lowest BCUT2D eigenvalue weighted by molar-refractivity contribution is 0.0504. The minimum Gasteiger partial charge on any atom is -0.478 e. The summed E-state index contributed by atoms with van der Waals surface area (Å²) in [6, 6.07) is 9.68. The summed E-state index contributed by atoms with van der Waals surface area (Å²) in [6.07, 6.45) is 0.707. The molecule has 0 unspecified atom stereocenters. The molecule has 0 spiro atoms. The summed E-state index contributed by atoms with van der Waals surface area (Å²) in [5.41, 5.74) is 0.856. The van der Waals surface area contributed by atoms with Crippen molar-refractivity contribution in [3.63, 3.8) is 0 Å². The molecule has 138 valence electrons. The largest absolute Gasteiger partial charge is 0.478 e. The Balaban J connectivity index is 2.23. The van der Waals surface area contributed by atoms with Gasteiger partial charge in [0.05, 0.1) is 22.6 Å². The number of carbonyl (C=O) groups is 2. The molecule has 7 nitrogen and oxygen atoms in total. The molecule has 0 aliphatic heterocycles. The second-order valence-corrected chi connectivity index (χ2v) is 7.26. The molecule has 0 saturated carbocycles. The van der Waals surface area contributed by atoms with E-state index in [4.69, 9.17) is 9.84 Å². The number of carboxylic acid groups (broad SMARTS) is 1. The van der Waals surface area contributed by atoms with Crippen molar-refractivity contribution in [2.75, 3.05) is 11.3 Å². The van der Waals surface area contributed by atoms with Crippen LogP contribution in [-0.4, -0.2) is 32.1 Å². The average Bonchev–Trinajstić information content (AvgIpc) is 2.60. The summed E-state index contributed by atoms with van der Waals surface area (Å²) in [5, 5.41) is 9.04. The number of carbonyl (C=O) groups excluding carboxylic acids is 1. The Hall–Kier alpha value is -2.87. The summed E-state index contributed by atoms with van der Waals surface area (Å²) in [6.45, 7) is 3.77. The third-order valence-corrected chi connectivity index (χ3v) is 5.06. The topological polar surface area (TPSA) is 110 Å². The fourth-order valence-corrected chi connectivity index (χ4v) is 3.52. The highest BCUT2D eigenvalue weighted by Crippen LogP contribution is 2.21. The zero-order chi connectivity index (χ0) is 19.3. The summed E-state index contributed by atoms with van der Waals surface area (Å²) in [4.78, 5) is 22.7. The van der Waals surface area contributed by atoms with Gasteiger partial charge in [-0.1, -0.05) is 13.0 Å². The highest BCUT2D eigenvalue weighted by Gasteiger charge is 2.19. The van der Waals surface area contributed by atoms with Crippen molar-refractivity contribution in [1.29, 1.82) is 0 Å². The number of ether oxygens (including phenoxy) is 1. The van der Waals surface area contributed by atoms with Gasteiger partial charge in [-0.3, -0.25) is 4.72 Å². The number of sulfonamides is 1. The first-order valence-corrected chi connectivity index (χ1v) is 9.37. The normalized spacial score (nSPS) is 11.0. The Labute approximate surface area is 151 Å². The van der Waals surface area contributed by atoms with Crippen LogP contribution in [0.25, 0.3) is 0 Å². The molecule has 2 aromatic carbocycles. The number of rotatable bonds is 7. The average molecular weight is 377 g/mol. The number of benzene rings is 2. The predicted molar refractivity (Wildman–Crippen MR) is 96.0 cm³/mol. The molecule has 26 heavy (non-hydrogen) atoms. The number of hydrogen-bond acceptors (Lipinski definition) is 5. The third-order valence-electron chi connectivity index (χ3n) is 3.53. The van der Waals surface area contributed by atoms with Gasteiger partial charge in [-0.15, -0.1) is 0 Å². The van der Waals surface area contributed by atoms with Gasteiger partial charge in [-0.2, -0.15) is 0 Å². The van der Waals surface area contributed by atoms with Crippen LogP contribution in [-0.2, 0) is 14.8 Å².